The van der Waals surface area contributed by atoms with Crippen LogP contribution in [0.1, 0.15) is 17.5 Å². The number of hydrogen-bond acceptors (Lipinski definition) is 6. The van der Waals surface area contributed by atoms with Crippen molar-refractivity contribution in [2.45, 2.75) is 18.6 Å². The zero-order chi connectivity index (χ0) is 18.9. The number of benzene rings is 1. The third-order valence-electron chi connectivity index (χ3n) is 3.78. The van der Waals surface area contributed by atoms with Crippen molar-refractivity contribution in [1.82, 2.24) is 4.90 Å². The number of alkyl halides is 2. The molecule has 140 valence electrons. The Labute approximate surface area is 156 Å². The first-order chi connectivity index (χ1) is 12.5. The lowest BCUT2D eigenvalue weighted by molar-refractivity contribution is 0.0765. The summed E-state index contributed by atoms with van der Waals surface area (Å²) < 4.78 is 29.7. The molecule has 0 bridgehead atoms. The highest BCUT2D eigenvalue weighted by atomic mass is 32.2. The maximum absolute atomic E-state index is 12.3. The Morgan fingerprint density at radius 2 is 2.04 bits per heavy atom. The number of ether oxygens (including phenoxy) is 1. The fourth-order valence-corrected chi connectivity index (χ4v) is 3.62. The average Bonchev–Trinajstić information content (AvgIpc) is 2.64. The van der Waals surface area contributed by atoms with Crippen molar-refractivity contribution in [2.24, 2.45) is 15.2 Å². The van der Waals surface area contributed by atoms with Crippen LogP contribution < -0.4 is 0 Å². The number of thioether (sulfide) groups is 1. The molecular formula is C18H22F2N4OS. The molecule has 8 heteroatoms. The lowest BCUT2D eigenvalue weighted by atomic mass is 10.1. The Morgan fingerprint density at radius 3 is 2.65 bits per heavy atom. The smallest absolute Gasteiger partial charge is 0.272 e. The van der Waals surface area contributed by atoms with Gasteiger partial charge >= 0.3 is 0 Å². The lowest BCUT2D eigenvalue weighted by Crippen LogP contribution is -2.26. The summed E-state index contributed by atoms with van der Waals surface area (Å²) in [7, 11) is 2.09. The van der Waals surface area contributed by atoms with E-state index in [9.17, 15) is 8.78 Å². The molecule has 0 fully saturated rings. The molecule has 0 radical (unpaired) electrons. The predicted molar refractivity (Wildman–Crippen MR) is 104 cm³/mol. The molecular weight excluding hydrogens is 358 g/mol. The Kier molecular flexibility index (Phi) is 7.93. The van der Waals surface area contributed by atoms with E-state index in [-0.39, 0.29) is 5.90 Å². The van der Waals surface area contributed by atoms with Crippen LogP contribution in [-0.4, -0.2) is 57.4 Å². The van der Waals surface area contributed by atoms with E-state index < -0.39 is 13.0 Å². The van der Waals surface area contributed by atoms with Crippen LogP contribution in [-0.2, 0) is 10.5 Å². The first-order valence-electron chi connectivity index (χ1n) is 8.07. The van der Waals surface area contributed by atoms with E-state index in [1.54, 1.807) is 23.9 Å². The van der Waals surface area contributed by atoms with Crippen molar-refractivity contribution in [2.75, 3.05) is 26.7 Å². The monoisotopic (exact) mass is 380 g/mol. The summed E-state index contributed by atoms with van der Waals surface area (Å²) in [4.78, 5) is 7.63. The van der Waals surface area contributed by atoms with Crippen LogP contribution in [0.25, 0.3) is 0 Å². The zero-order valence-electron chi connectivity index (χ0n) is 14.7. The Hall–Kier alpha value is -2.06. The molecule has 0 unspecified atom stereocenters. The van der Waals surface area contributed by atoms with Crippen LogP contribution in [0.4, 0.5) is 8.78 Å². The Bertz CT molecular complexity index is 689. The first kappa shape index (κ1) is 20.3. The summed E-state index contributed by atoms with van der Waals surface area (Å²) in [5.74, 6) is 0.821. The first-order valence-corrected chi connectivity index (χ1v) is 9.06. The molecule has 26 heavy (non-hydrogen) atoms. The van der Waals surface area contributed by atoms with E-state index in [0.29, 0.717) is 5.56 Å². The molecule has 1 heterocycles. The molecule has 0 aromatic heterocycles. The maximum atomic E-state index is 12.3. The molecule has 0 spiro atoms. The van der Waals surface area contributed by atoms with Crippen molar-refractivity contribution >= 4 is 31.1 Å². The van der Waals surface area contributed by atoms with Crippen LogP contribution in [0.2, 0.25) is 0 Å². The fraction of sp³-hybridized carbons (Fsp3) is 0.389. The van der Waals surface area contributed by atoms with E-state index in [0.717, 1.165) is 36.5 Å². The number of nitrogens with zero attached hydrogens (tertiary/aromatic N) is 4. The number of hydrogen-bond donors (Lipinski definition) is 0. The minimum atomic E-state index is -2.57. The molecule has 0 atom stereocenters. The molecule has 0 amide bonds. The van der Waals surface area contributed by atoms with Crippen molar-refractivity contribution in [3.8, 4) is 0 Å². The summed E-state index contributed by atoms with van der Waals surface area (Å²) in [6.45, 7) is 8.04. The largest absolute Gasteiger partial charge is 0.470 e. The van der Waals surface area contributed by atoms with Crippen molar-refractivity contribution in [1.29, 1.82) is 0 Å². The topological polar surface area (TPSA) is 49.6 Å². The molecule has 0 saturated heterocycles. The number of aliphatic imine (C=N–C) groups is 1. The van der Waals surface area contributed by atoms with Crippen LogP contribution in [0.3, 0.4) is 0 Å². The molecule has 2 rings (SSSR count). The number of halogens is 2. The summed E-state index contributed by atoms with van der Waals surface area (Å²) in [6, 6.07) is 7.39. The van der Waals surface area contributed by atoms with Crippen LogP contribution >= 0.6 is 11.8 Å². The van der Waals surface area contributed by atoms with Gasteiger partial charge in [-0.2, -0.15) is 5.10 Å². The van der Waals surface area contributed by atoms with Gasteiger partial charge in [0.05, 0.1) is 5.70 Å². The maximum Gasteiger partial charge on any atom is 0.272 e. The number of rotatable bonds is 8. The molecule has 1 aromatic carbocycles. The van der Waals surface area contributed by atoms with E-state index in [4.69, 9.17) is 4.74 Å². The molecule has 1 aliphatic rings. The highest BCUT2D eigenvalue weighted by Crippen LogP contribution is 2.30. The molecule has 1 aromatic rings. The second-order valence-electron chi connectivity index (χ2n) is 5.75. The summed E-state index contributed by atoms with van der Waals surface area (Å²) in [5, 5.41) is 7.05. The lowest BCUT2D eigenvalue weighted by Gasteiger charge is -2.25. The zero-order valence-corrected chi connectivity index (χ0v) is 15.5. The van der Waals surface area contributed by atoms with Gasteiger partial charge in [0.1, 0.15) is 0 Å². The Morgan fingerprint density at radius 1 is 1.31 bits per heavy atom. The van der Waals surface area contributed by atoms with Gasteiger partial charge in [-0.25, -0.2) is 8.78 Å². The van der Waals surface area contributed by atoms with Crippen LogP contribution in [0.5, 0.6) is 0 Å². The summed E-state index contributed by atoms with van der Waals surface area (Å²) >= 11 is 1.74. The SMILES string of the molecule is C=N/N=C(\OCC(F)F)c1ccc(CSC2=C(N=C)CCN(C)C2)cc1. The molecule has 0 saturated carbocycles. The highest BCUT2D eigenvalue weighted by molar-refractivity contribution is 8.02. The van der Waals surface area contributed by atoms with Crippen molar-refractivity contribution in [3.63, 3.8) is 0 Å². The van der Waals surface area contributed by atoms with E-state index in [2.05, 4.69) is 40.6 Å². The number of likely N-dealkylation sites (N-methyl/N-ethyl adjacent to an activating group) is 1. The minimum absolute atomic E-state index is 0.0364. The Balaban J connectivity index is 2.02. The average molecular weight is 380 g/mol. The third-order valence-corrected chi connectivity index (χ3v) is 4.97. The highest BCUT2D eigenvalue weighted by Gasteiger charge is 2.16. The van der Waals surface area contributed by atoms with Gasteiger partial charge in [-0.3, -0.25) is 4.99 Å². The summed E-state index contributed by atoms with van der Waals surface area (Å²) in [5.41, 5.74) is 2.75. The fourth-order valence-electron chi connectivity index (χ4n) is 2.44. The van der Waals surface area contributed by atoms with Gasteiger partial charge in [0.15, 0.2) is 6.61 Å². The van der Waals surface area contributed by atoms with Crippen LogP contribution in [0, 0.1) is 0 Å². The van der Waals surface area contributed by atoms with Gasteiger partial charge < -0.3 is 9.64 Å². The van der Waals surface area contributed by atoms with Gasteiger partial charge in [-0.05, 0) is 31.5 Å². The third kappa shape index (κ3) is 6.03. The second-order valence-corrected chi connectivity index (χ2v) is 6.82. The van der Waals surface area contributed by atoms with E-state index in [1.807, 2.05) is 12.1 Å². The van der Waals surface area contributed by atoms with Crippen molar-refractivity contribution < 1.29 is 13.5 Å². The van der Waals surface area contributed by atoms with Gasteiger partial charge in [-0.15, -0.1) is 16.9 Å². The van der Waals surface area contributed by atoms with Crippen molar-refractivity contribution in [3.05, 3.63) is 46.0 Å². The molecule has 0 N–H and O–H groups in total. The molecule has 0 aliphatic carbocycles. The van der Waals surface area contributed by atoms with E-state index in [1.165, 1.54) is 4.91 Å². The second kappa shape index (κ2) is 10.2. The van der Waals surface area contributed by atoms with Gasteiger partial charge in [0, 0.05) is 42.4 Å². The van der Waals surface area contributed by atoms with Gasteiger partial charge in [-0.1, -0.05) is 12.1 Å². The van der Waals surface area contributed by atoms with Gasteiger partial charge in [0.25, 0.3) is 6.43 Å². The molecule has 1 aliphatic heterocycles. The quantitative estimate of drug-likeness (QED) is 0.391. The molecule has 5 nitrogen and oxygen atoms in total. The van der Waals surface area contributed by atoms with Crippen LogP contribution in [0.15, 0.2) is 50.1 Å². The minimum Gasteiger partial charge on any atom is -0.470 e. The van der Waals surface area contributed by atoms with E-state index >= 15 is 0 Å². The van der Waals surface area contributed by atoms with Gasteiger partial charge in [0.2, 0.25) is 5.90 Å². The predicted octanol–water partition coefficient (Wildman–Crippen LogP) is 3.81. The summed E-state index contributed by atoms with van der Waals surface area (Å²) in [6.07, 6.45) is -1.66. The standard InChI is InChI=1S/C18H22F2N4OS/c1-21-15-8-9-24(3)10-16(15)26-12-13-4-6-14(7-5-13)18(23-22-2)25-11-17(19)20/h4-7,17H,1-2,8-12H2,3H3/b23-18-. The normalized spacial score (nSPS) is 16.1.